The van der Waals surface area contributed by atoms with Crippen LogP contribution in [0.3, 0.4) is 0 Å². The molecule has 4 nitrogen and oxygen atoms in total. The Bertz CT molecular complexity index is 623. The SMILES string of the molecule is C[C@@H]1CCCC[C@H]1NC(=O)C[NH+]1CCC(C(=O)c2ccc(Cl)cc2)CC1. The van der Waals surface area contributed by atoms with Gasteiger partial charge in [0.15, 0.2) is 12.3 Å². The largest absolute Gasteiger partial charge is 0.348 e. The second kappa shape index (κ2) is 9.01. The van der Waals surface area contributed by atoms with Gasteiger partial charge in [-0.15, -0.1) is 0 Å². The summed E-state index contributed by atoms with van der Waals surface area (Å²) in [5.41, 5.74) is 0.742. The lowest BCUT2D eigenvalue weighted by Crippen LogP contribution is -3.14. The third-order valence-electron chi connectivity index (χ3n) is 6.06. The Kier molecular flexibility index (Phi) is 6.71. The number of ketones is 1. The molecule has 1 aliphatic heterocycles. The highest BCUT2D eigenvalue weighted by atomic mass is 35.5. The Morgan fingerprint density at radius 3 is 2.38 bits per heavy atom. The summed E-state index contributed by atoms with van der Waals surface area (Å²) in [7, 11) is 0. The summed E-state index contributed by atoms with van der Waals surface area (Å²) in [4.78, 5) is 26.3. The van der Waals surface area contributed by atoms with E-state index in [4.69, 9.17) is 11.6 Å². The average molecular weight is 378 g/mol. The summed E-state index contributed by atoms with van der Waals surface area (Å²) < 4.78 is 0. The average Bonchev–Trinajstić information content (AvgIpc) is 2.64. The van der Waals surface area contributed by atoms with E-state index in [1.165, 1.54) is 24.2 Å². The van der Waals surface area contributed by atoms with Gasteiger partial charge in [0.2, 0.25) is 0 Å². The van der Waals surface area contributed by atoms with E-state index in [-0.39, 0.29) is 17.6 Å². The van der Waals surface area contributed by atoms with Crippen molar-refractivity contribution in [2.45, 2.75) is 51.5 Å². The maximum atomic E-state index is 12.6. The number of hydrogen-bond acceptors (Lipinski definition) is 2. The summed E-state index contributed by atoms with van der Waals surface area (Å²) in [6.45, 7) is 4.55. The van der Waals surface area contributed by atoms with Gasteiger partial charge < -0.3 is 10.2 Å². The molecule has 1 heterocycles. The second-order valence-electron chi connectivity index (χ2n) is 8.01. The number of carbonyl (C=O) groups excluding carboxylic acids is 2. The molecule has 2 fully saturated rings. The number of nitrogens with one attached hydrogen (secondary N) is 2. The van der Waals surface area contributed by atoms with Gasteiger partial charge in [0.25, 0.3) is 5.91 Å². The number of likely N-dealkylation sites (tertiary alicyclic amines) is 1. The molecule has 1 aromatic carbocycles. The molecule has 2 N–H and O–H groups in total. The fraction of sp³-hybridized carbons (Fsp3) is 0.619. The Hall–Kier alpha value is -1.39. The maximum Gasteiger partial charge on any atom is 0.275 e. The number of Topliss-reactive ketones (excluding diaryl/α,β-unsaturated/α-hetero) is 1. The first-order valence-corrected chi connectivity index (χ1v) is 10.3. The number of benzene rings is 1. The second-order valence-corrected chi connectivity index (χ2v) is 8.44. The minimum absolute atomic E-state index is 0.0707. The molecule has 2 aliphatic rings. The lowest BCUT2D eigenvalue weighted by molar-refractivity contribution is -0.897. The Balaban J connectivity index is 1.44. The van der Waals surface area contributed by atoms with Gasteiger partial charge in [-0.05, 0) is 43.0 Å². The van der Waals surface area contributed by atoms with Gasteiger partial charge in [0, 0.05) is 35.4 Å². The number of quaternary nitrogens is 1. The number of carbonyl (C=O) groups is 2. The molecule has 3 rings (SSSR count). The Morgan fingerprint density at radius 2 is 1.73 bits per heavy atom. The number of piperidine rings is 1. The van der Waals surface area contributed by atoms with Crippen LogP contribution in [0.25, 0.3) is 0 Å². The lowest BCUT2D eigenvalue weighted by atomic mass is 9.86. The molecule has 1 saturated heterocycles. The fourth-order valence-corrected chi connectivity index (χ4v) is 4.46. The van der Waals surface area contributed by atoms with E-state index in [1.807, 2.05) is 12.1 Å². The quantitative estimate of drug-likeness (QED) is 0.774. The Labute approximate surface area is 161 Å². The number of halogens is 1. The predicted octanol–water partition coefficient (Wildman–Crippen LogP) is 2.51. The van der Waals surface area contributed by atoms with Crippen LogP contribution in [0.1, 0.15) is 55.8 Å². The molecule has 0 unspecified atom stereocenters. The highest BCUT2D eigenvalue weighted by Crippen LogP contribution is 2.23. The van der Waals surface area contributed by atoms with Crippen LogP contribution in [0, 0.1) is 11.8 Å². The molecular weight excluding hydrogens is 348 g/mol. The zero-order chi connectivity index (χ0) is 18.5. The van der Waals surface area contributed by atoms with Gasteiger partial charge in [0.05, 0.1) is 13.1 Å². The first-order valence-electron chi connectivity index (χ1n) is 9.95. The molecule has 26 heavy (non-hydrogen) atoms. The third kappa shape index (κ3) is 5.08. The lowest BCUT2D eigenvalue weighted by Gasteiger charge is -2.31. The molecule has 0 radical (unpaired) electrons. The van der Waals surface area contributed by atoms with Crippen molar-refractivity contribution in [2.75, 3.05) is 19.6 Å². The van der Waals surface area contributed by atoms with Gasteiger partial charge in [-0.2, -0.15) is 0 Å². The topological polar surface area (TPSA) is 50.6 Å². The van der Waals surface area contributed by atoms with Crippen molar-refractivity contribution in [2.24, 2.45) is 11.8 Å². The first-order chi connectivity index (χ1) is 12.5. The summed E-state index contributed by atoms with van der Waals surface area (Å²) in [6, 6.07) is 7.50. The molecule has 1 aromatic rings. The number of hydrogen-bond donors (Lipinski definition) is 2. The van der Waals surface area contributed by atoms with Gasteiger partial charge >= 0.3 is 0 Å². The molecule has 0 aromatic heterocycles. The molecule has 5 heteroatoms. The summed E-state index contributed by atoms with van der Waals surface area (Å²) in [6.07, 6.45) is 6.54. The van der Waals surface area contributed by atoms with E-state index in [1.54, 1.807) is 12.1 Å². The van der Waals surface area contributed by atoms with Gasteiger partial charge in [-0.3, -0.25) is 9.59 Å². The van der Waals surface area contributed by atoms with Crippen molar-refractivity contribution >= 4 is 23.3 Å². The maximum absolute atomic E-state index is 12.6. The molecule has 0 bridgehead atoms. The van der Waals surface area contributed by atoms with Gasteiger partial charge in [0.1, 0.15) is 0 Å². The van der Waals surface area contributed by atoms with E-state index >= 15 is 0 Å². The summed E-state index contributed by atoms with van der Waals surface area (Å²) in [5.74, 6) is 1.04. The normalized spacial score (nSPS) is 29.2. The van der Waals surface area contributed by atoms with Crippen molar-refractivity contribution in [3.05, 3.63) is 34.9 Å². The van der Waals surface area contributed by atoms with Crippen LogP contribution >= 0.6 is 11.6 Å². The van der Waals surface area contributed by atoms with E-state index < -0.39 is 0 Å². The summed E-state index contributed by atoms with van der Waals surface area (Å²) in [5, 5.41) is 3.89. The molecule has 1 aliphatic carbocycles. The van der Waals surface area contributed by atoms with Crippen molar-refractivity contribution in [1.29, 1.82) is 0 Å². The van der Waals surface area contributed by atoms with Crippen molar-refractivity contribution in [1.82, 2.24) is 5.32 Å². The smallest absolute Gasteiger partial charge is 0.275 e. The number of rotatable bonds is 5. The minimum atomic E-state index is 0.0707. The zero-order valence-corrected chi connectivity index (χ0v) is 16.4. The minimum Gasteiger partial charge on any atom is -0.348 e. The van der Waals surface area contributed by atoms with E-state index in [0.717, 1.165) is 37.9 Å². The highest BCUT2D eigenvalue weighted by Gasteiger charge is 2.30. The Morgan fingerprint density at radius 1 is 1.08 bits per heavy atom. The van der Waals surface area contributed by atoms with Crippen molar-refractivity contribution < 1.29 is 14.5 Å². The monoisotopic (exact) mass is 377 g/mol. The predicted molar refractivity (Wildman–Crippen MR) is 104 cm³/mol. The molecule has 0 spiro atoms. The van der Waals surface area contributed by atoms with Gasteiger partial charge in [-0.1, -0.05) is 31.4 Å². The van der Waals surface area contributed by atoms with Crippen molar-refractivity contribution in [3.63, 3.8) is 0 Å². The fourth-order valence-electron chi connectivity index (χ4n) is 4.33. The molecule has 142 valence electrons. The van der Waals surface area contributed by atoms with Crippen LogP contribution in [0.2, 0.25) is 5.02 Å². The standard InChI is InChI=1S/C21H29ClN2O2/c1-15-4-2-3-5-19(15)23-20(25)14-24-12-10-17(11-13-24)21(26)16-6-8-18(22)9-7-16/h6-9,15,17,19H,2-5,10-14H2,1H3,(H,23,25)/p+1/t15-,19-/m1/s1. The van der Waals surface area contributed by atoms with Crippen LogP contribution < -0.4 is 10.2 Å². The van der Waals surface area contributed by atoms with Crippen LogP contribution in [-0.4, -0.2) is 37.4 Å². The molecule has 2 atom stereocenters. The molecule has 1 saturated carbocycles. The van der Waals surface area contributed by atoms with E-state index in [0.29, 0.717) is 23.5 Å². The zero-order valence-electron chi connectivity index (χ0n) is 15.6. The number of amides is 1. The van der Waals surface area contributed by atoms with Crippen LogP contribution in [0.4, 0.5) is 0 Å². The molecule has 1 amide bonds. The van der Waals surface area contributed by atoms with Crippen LogP contribution in [0.5, 0.6) is 0 Å². The molecular formula is C21H30ClN2O2+. The van der Waals surface area contributed by atoms with Gasteiger partial charge in [-0.25, -0.2) is 0 Å². The van der Waals surface area contributed by atoms with Crippen LogP contribution in [-0.2, 0) is 4.79 Å². The summed E-state index contributed by atoms with van der Waals surface area (Å²) >= 11 is 5.90. The van der Waals surface area contributed by atoms with Crippen molar-refractivity contribution in [3.8, 4) is 0 Å². The first kappa shape index (κ1) is 19.4. The van der Waals surface area contributed by atoms with Crippen LogP contribution in [0.15, 0.2) is 24.3 Å². The van der Waals surface area contributed by atoms with E-state index in [9.17, 15) is 9.59 Å². The highest BCUT2D eigenvalue weighted by molar-refractivity contribution is 6.30. The third-order valence-corrected chi connectivity index (χ3v) is 6.31. The van der Waals surface area contributed by atoms with E-state index in [2.05, 4.69) is 12.2 Å².